The van der Waals surface area contributed by atoms with Crippen LogP contribution in [0.25, 0.3) is 0 Å². The Morgan fingerprint density at radius 3 is 2.67 bits per heavy atom. The molecular formula is C16H17FN4O3. The van der Waals surface area contributed by atoms with Gasteiger partial charge in [0.05, 0.1) is 19.0 Å². The lowest BCUT2D eigenvalue weighted by atomic mass is 10.2. The molecule has 0 saturated heterocycles. The van der Waals surface area contributed by atoms with Gasteiger partial charge in [0.1, 0.15) is 5.82 Å². The molecule has 8 heteroatoms. The fourth-order valence-corrected chi connectivity index (χ4v) is 2.04. The van der Waals surface area contributed by atoms with E-state index in [1.165, 1.54) is 37.4 Å². The molecule has 0 saturated carbocycles. The summed E-state index contributed by atoms with van der Waals surface area (Å²) in [6.07, 6.45) is 2.53. The first-order valence-electron chi connectivity index (χ1n) is 7.04. The smallest absolute Gasteiger partial charge is 0.409 e. The Hall–Kier alpha value is -3.16. The van der Waals surface area contributed by atoms with E-state index >= 15 is 0 Å². The van der Waals surface area contributed by atoms with E-state index in [0.717, 1.165) is 0 Å². The van der Waals surface area contributed by atoms with E-state index in [9.17, 15) is 14.0 Å². The summed E-state index contributed by atoms with van der Waals surface area (Å²) in [5, 5.41) is 5.11. The van der Waals surface area contributed by atoms with Gasteiger partial charge in [-0.25, -0.2) is 14.0 Å². The van der Waals surface area contributed by atoms with Crippen LogP contribution in [0.5, 0.6) is 0 Å². The molecule has 24 heavy (non-hydrogen) atoms. The van der Waals surface area contributed by atoms with Gasteiger partial charge in [-0.2, -0.15) is 0 Å². The van der Waals surface area contributed by atoms with Gasteiger partial charge in [0.15, 0.2) is 0 Å². The molecule has 1 heterocycles. The van der Waals surface area contributed by atoms with Gasteiger partial charge in [0, 0.05) is 25.5 Å². The maximum Gasteiger partial charge on any atom is 0.409 e. The van der Waals surface area contributed by atoms with Crippen LogP contribution in [-0.4, -0.2) is 36.2 Å². The minimum Gasteiger partial charge on any atom is -0.453 e. The fourth-order valence-electron chi connectivity index (χ4n) is 2.04. The minimum absolute atomic E-state index is 0.142. The normalized spacial score (nSPS) is 9.96. The van der Waals surface area contributed by atoms with Crippen LogP contribution in [0, 0.1) is 5.82 Å². The molecule has 1 aromatic heterocycles. The minimum atomic E-state index is -0.539. The van der Waals surface area contributed by atoms with Gasteiger partial charge in [0.2, 0.25) is 0 Å². The highest BCUT2D eigenvalue weighted by Crippen LogP contribution is 2.16. The molecule has 0 fully saturated rings. The number of amides is 3. The zero-order valence-corrected chi connectivity index (χ0v) is 13.2. The number of nitrogens with zero attached hydrogens (tertiary/aromatic N) is 2. The molecule has 126 valence electrons. The molecule has 0 atom stereocenters. The number of carbonyl (C=O) groups is 2. The standard InChI is InChI=1S/C16H17FN4O3/c1-21(16(23)24-2)10-11-6-12(17)8-14(7-11)20-15(22)19-13-4-3-5-18-9-13/h3-9H,10H2,1-2H3,(H2,19,20,22). The average molecular weight is 332 g/mol. The average Bonchev–Trinajstić information content (AvgIpc) is 2.54. The molecule has 2 aromatic rings. The predicted molar refractivity (Wildman–Crippen MR) is 87.2 cm³/mol. The number of anilines is 2. The lowest BCUT2D eigenvalue weighted by Gasteiger charge is -2.16. The first-order valence-corrected chi connectivity index (χ1v) is 7.04. The molecule has 0 bridgehead atoms. The second-order valence-electron chi connectivity index (χ2n) is 5.00. The van der Waals surface area contributed by atoms with Crippen LogP contribution in [0.15, 0.2) is 42.7 Å². The third-order valence-corrected chi connectivity index (χ3v) is 3.04. The van der Waals surface area contributed by atoms with E-state index in [0.29, 0.717) is 11.3 Å². The van der Waals surface area contributed by atoms with Crippen LogP contribution in [0.1, 0.15) is 5.56 Å². The van der Waals surface area contributed by atoms with Crippen molar-refractivity contribution >= 4 is 23.5 Å². The molecule has 2 N–H and O–H groups in total. The molecule has 0 aliphatic carbocycles. The quantitative estimate of drug-likeness (QED) is 0.901. The summed E-state index contributed by atoms with van der Waals surface area (Å²) < 4.78 is 18.3. The summed E-state index contributed by atoms with van der Waals surface area (Å²) in [6, 6.07) is 6.87. The lowest BCUT2D eigenvalue weighted by Crippen LogP contribution is -2.26. The number of halogens is 1. The molecule has 0 spiro atoms. The van der Waals surface area contributed by atoms with Gasteiger partial charge in [0.25, 0.3) is 0 Å². The fraction of sp³-hybridized carbons (Fsp3) is 0.188. The SMILES string of the molecule is COC(=O)N(C)Cc1cc(F)cc(NC(=O)Nc2cccnc2)c1. The third-order valence-electron chi connectivity index (χ3n) is 3.04. The van der Waals surface area contributed by atoms with E-state index in [1.54, 1.807) is 24.4 Å². The van der Waals surface area contributed by atoms with E-state index < -0.39 is 17.9 Å². The topological polar surface area (TPSA) is 83.6 Å². The zero-order valence-electron chi connectivity index (χ0n) is 13.2. The number of pyridine rings is 1. The Labute approximate surface area is 138 Å². The van der Waals surface area contributed by atoms with Crippen LogP contribution in [0.2, 0.25) is 0 Å². The van der Waals surface area contributed by atoms with Crippen molar-refractivity contribution in [2.45, 2.75) is 6.54 Å². The van der Waals surface area contributed by atoms with Crippen LogP contribution >= 0.6 is 0 Å². The molecule has 3 amide bonds. The maximum atomic E-state index is 13.7. The number of aromatic nitrogens is 1. The highest BCUT2D eigenvalue weighted by Gasteiger charge is 2.11. The summed E-state index contributed by atoms with van der Waals surface area (Å²) in [7, 11) is 2.79. The molecule has 1 aromatic carbocycles. The zero-order chi connectivity index (χ0) is 17.5. The van der Waals surface area contributed by atoms with Crippen molar-refractivity contribution in [2.75, 3.05) is 24.8 Å². The molecule has 2 rings (SSSR count). The Balaban J connectivity index is 2.05. The van der Waals surface area contributed by atoms with Gasteiger partial charge < -0.3 is 20.3 Å². The highest BCUT2D eigenvalue weighted by molar-refractivity contribution is 5.99. The van der Waals surface area contributed by atoms with Crippen LogP contribution in [-0.2, 0) is 11.3 Å². The van der Waals surface area contributed by atoms with Crippen molar-refractivity contribution in [3.8, 4) is 0 Å². The van der Waals surface area contributed by atoms with E-state index in [-0.39, 0.29) is 12.2 Å². The van der Waals surface area contributed by atoms with Gasteiger partial charge in [-0.05, 0) is 35.9 Å². The summed E-state index contributed by atoms with van der Waals surface area (Å²) in [5.74, 6) is -0.526. The van der Waals surface area contributed by atoms with Gasteiger partial charge in [-0.1, -0.05) is 0 Å². The number of benzene rings is 1. The molecule has 0 aliphatic heterocycles. The first kappa shape index (κ1) is 17.2. The first-order chi connectivity index (χ1) is 11.5. The number of urea groups is 1. The second kappa shape index (κ2) is 7.91. The summed E-state index contributed by atoms with van der Waals surface area (Å²) in [6.45, 7) is 0.142. The number of hydrogen-bond acceptors (Lipinski definition) is 4. The van der Waals surface area contributed by atoms with Crippen molar-refractivity contribution in [2.24, 2.45) is 0 Å². The predicted octanol–water partition coefficient (Wildman–Crippen LogP) is 3.06. The number of hydrogen-bond donors (Lipinski definition) is 2. The van der Waals surface area contributed by atoms with Crippen molar-refractivity contribution < 1.29 is 18.7 Å². The van der Waals surface area contributed by atoms with E-state index in [2.05, 4.69) is 20.4 Å². The monoisotopic (exact) mass is 332 g/mol. The molecule has 0 unspecified atom stereocenters. The van der Waals surface area contributed by atoms with E-state index in [4.69, 9.17) is 0 Å². The molecular weight excluding hydrogens is 315 g/mol. The van der Waals surface area contributed by atoms with Crippen LogP contribution in [0.4, 0.5) is 25.4 Å². The maximum absolute atomic E-state index is 13.7. The van der Waals surface area contributed by atoms with Gasteiger partial charge in [-0.3, -0.25) is 4.98 Å². The van der Waals surface area contributed by atoms with Gasteiger partial charge >= 0.3 is 12.1 Å². The summed E-state index contributed by atoms with van der Waals surface area (Å²) >= 11 is 0. The number of rotatable bonds is 4. The highest BCUT2D eigenvalue weighted by atomic mass is 19.1. The van der Waals surface area contributed by atoms with Gasteiger partial charge in [-0.15, -0.1) is 0 Å². The lowest BCUT2D eigenvalue weighted by molar-refractivity contribution is 0.131. The third kappa shape index (κ3) is 4.94. The Bertz CT molecular complexity index is 725. The number of carbonyl (C=O) groups excluding carboxylic acids is 2. The number of methoxy groups -OCH3 is 1. The van der Waals surface area contributed by atoms with E-state index in [1.807, 2.05) is 0 Å². The molecule has 7 nitrogen and oxygen atoms in total. The number of nitrogens with one attached hydrogen (secondary N) is 2. The Morgan fingerprint density at radius 1 is 1.25 bits per heavy atom. The molecule has 0 radical (unpaired) electrons. The Morgan fingerprint density at radius 2 is 2.00 bits per heavy atom. The van der Waals surface area contributed by atoms with Crippen molar-refractivity contribution in [3.63, 3.8) is 0 Å². The number of ether oxygens (including phenoxy) is 1. The van der Waals surface area contributed by atoms with Crippen molar-refractivity contribution in [1.29, 1.82) is 0 Å². The summed E-state index contributed by atoms with van der Waals surface area (Å²) in [5.41, 5.74) is 1.29. The Kier molecular flexibility index (Phi) is 5.67. The van der Waals surface area contributed by atoms with Crippen LogP contribution in [0.3, 0.4) is 0 Å². The summed E-state index contributed by atoms with van der Waals surface area (Å²) in [4.78, 5) is 28.5. The second-order valence-corrected chi connectivity index (χ2v) is 5.00. The molecule has 0 aliphatic rings. The van der Waals surface area contributed by atoms with Crippen molar-refractivity contribution in [1.82, 2.24) is 9.88 Å². The van der Waals surface area contributed by atoms with Crippen molar-refractivity contribution in [3.05, 3.63) is 54.1 Å². The largest absolute Gasteiger partial charge is 0.453 e. The van der Waals surface area contributed by atoms with Crippen LogP contribution < -0.4 is 10.6 Å².